The molecule has 0 bridgehead atoms. The standard InChI is InChI=1S/C22H38NO2S/c1-5-8-9-10-12-19-23(6-2,7-3)20-13-11-14-21-15-17-22(18-16-21)26(4,24)25/h11,13,15-18H,5-10,12,14,19-20H2,1-4H3/q+1/b13-11+. The van der Waals surface area contributed by atoms with Gasteiger partial charge in [0.15, 0.2) is 9.84 Å². The van der Waals surface area contributed by atoms with Crippen LogP contribution in [0.1, 0.15) is 58.4 Å². The molecular formula is C22H38NO2S+. The van der Waals surface area contributed by atoms with E-state index in [1.54, 1.807) is 12.1 Å². The minimum atomic E-state index is -3.11. The first-order chi connectivity index (χ1) is 12.4. The average molecular weight is 381 g/mol. The zero-order valence-electron chi connectivity index (χ0n) is 17.2. The summed E-state index contributed by atoms with van der Waals surface area (Å²) < 4.78 is 24.2. The van der Waals surface area contributed by atoms with Gasteiger partial charge in [-0.05, 0) is 56.9 Å². The quantitative estimate of drug-likeness (QED) is 0.274. The molecular weight excluding hydrogens is 342 g/mol. The van der Waals surface area contributed by atoms with Gasteiger partial charge < -0.3 is 4.48 Å². The molecule has 0 saturated carbocycles. The molecule has 1 aromatic rings. The topological polar surface area (TPSA) is 34.1 Å². The highest BCUT2D eigenvalue weighted by Gasteiger charge is 2.20. The molecule has 1 rings (SSSR count). The summed E-state index contributed by atoms with van der Waals surface area (Å²) in [6.45, 7) is 11.6. The Bertz CT molecular complexity index is 629. The molecule has 0 aliphatic heterocycles. The lowest BCUT2D eigenvalue weighted by Crippen LogP contribution is -2.48. The molecule has 26 heavy (non-hydrogen) atoms. The average Bonchev–Trinajstić information content (AvgIpc) is 2.63. The number of hydrogen-bond donors (Lipinski definition) is 0. The van der Waals surface area contributed by atoms with Crippen LogP contribution < -0.4 is 0 Å². The fourth-order valence-corrected chi connectivity index (χ4v) is 3.96. The normalized spacial score (nSPS) is 12.8. The third-order valence-corrected chi connectivity index (χ3v) is 6.57. The van der Waals surface area contributed by atoms with Crippen LogP contribution in [0.5, 0.6) is 0 Å². The summed E-state index contributed by atoms with van der Waals surface area (Å²) in [5.74, 6) is 0. The van der Waals surface area contributed by atoms with Gasteiger partial charge in [-0.25, -0.2) is 8.42 Å². The molecule has 0 fully saturated rings. The molecule has 0 amide bonds. The minimum Gasteiger partial charge on any atom is -0.321 e. The smallest absolute Gasteiger partial charge is 0.175 e. The molecule has 0 saturated heterocycles. The molecule has 3 nitrogen and oxygen atoms in total. The number of likely N-dealkylation sites (N-methyl/N-ethyl adjacent to an activating group) is 1. The van der Waals surface area contributed by atoms with E-state index in [0.29, 0.717) is 4.90 Å². The second-order valence-corrected chi connectivity index (χ2v) is 9.40. The van der Waals surface area contributed by atoms with Crippen molar-refractivity contribution in [3.8, 4) is 0 Å². The maximum Gasteiger partial charge on any atom is 0.175 e. The van der Waals surface area contributed by atoms with Gasteiger partial charge in [0.1, 0.15) is 0 Å². The Morgan fingerprint density at radius 3 is 2.04 bits per heavy atom. The summed E-state index contributed by atoms with van der Waals surface area (Å²) in [4.78, 5) is 0.390. The fraction of sp³-hybridized carbons (Fsp3) is 0.636. The Morgan fingerprint density at radius 2 is 1.50 bits per heavy atom. The predicted molar refractivity (Wildman–Crippen MR) is 112 cm³/mol. The van der Waals surface area contributed by atoms with Crippen molar-refractivity contribution in [1.29, 1.82) is 0 Å². The first-order valence-corrected chi connectivity index (χ1v) is 12.0. The maximum absolute atomic E-state index is 11.5. The summed E-state index contributed by atoms with van der Waals surface area (Å²) in [5.41, 5.74) is 1.15. The van der Waals surface area contributed by atoms with E-state index in [0.717, 1.165) is 23.0 Å². The summed E-state index contributed by atoms with van der Waals surface area (Å²) in [6.07, 6.45) is 13.3. The van der Waals surface area contributed by atoms with Crippen LogP contribution in [0.3, 0.4) is 0 Å². The van der Waals surface area contributed by atoms with Crippen molar-refractivity contribution in [3.63, 3.8) is 0 Å². The molecule has 0 unspecified atom stereocenters. The van der Waals surface area contributed by atoms with Gasteiger partial charge >= 0.3 is 0 Å². The summed E-state index contributed by atoms with van der Waals surface area (Å²) >= 11 is 0. The first-order valence-electron chi connectivity index (χ1n) is 10.2. The van der Waals surface area contributed by atoms with Crippen LogP contribution in [0, 0.1) is 0 Å². The van der Waals surface area contributed by atoms with Gasteiger partial charge in [-0.3, -0.25) is 0 Å². The number of quaternary nitrogens is 1. The van der Waals surface area contributed by atoms with Crippen LogP contribution in [-0.4, -0.2) is 45.3 Å². The highest BCUT2D eigenvalue weighted by atomic mass is 32.2. The number of nitrogens with zero attached hydrogens (tertiary/aromatic N) is 1. The SMILES string of the molecule is CCCCCCC[N+](CC)(CC)C/C=C/Cc1ccc(S(C)(=O)=O)cc1. The Labute approximate surface area is 161 Å². The molecule has 0 aliphatic rings. The van der Waals surface area contributed by atoms with E-state index in [-0.39, 0.29) is 0 Å². The van der Waals surface area contributed by atoms with E-state index in [9.17, 15) is 8.42 Å². The van der Waals surface area contributed by atoms with Gasteiger partial charge in [0.2, 0.25) is 0 Å². The molecule has 1 aromatic carbocycles. The van der Waals surface area contributed by atoms with Crippen molar-refractivity contribution in [2.24, 2.45) is 0 Å². The highest BCUT2D eigenvalue weighted by molar-refractivity contribution is 7.90. The summed E-state index contributed by atoms with van der Waals surface area (Å²) in [6, 6.07) is 7.23. The number of allylic oxidation sites excluding steroid dienone is 1. The molecule has 0 heterocycles. The van der Waals surface area contributed by atoms with Gasteiger partial charge in [0.05, 0.1) is 31.1 Å². The molecule has 148 valence electrons. The second-order valence-electron chi connectivity index (χ2n) is 7.39. The summed E-state index contributed by atoms with van der Waals surface area (Å²) in [7, 11) is -3.11. The van der Waals surface area contributed by atoms with Crippen LogP contribution in [-0.2, 0) is 16.3 Å². The van der Waals surface area contributed by atoms with Crippen LogP contribution in [0.2, 0.25) is 0 Å². The number of sulfone groups is 1. The molecule has 0 aromatic heterocycles. The van der Waals surface area contributed by atoms with Gasteiger partial charge in [0.25, 0.3) is 0 Å². The lowest BCUT2D eigenvalue weighted by molar-refractivity contribution is -0.919. The van der Waals surface area contributed by atoms with Crippen molar-refractivity contribution in [3.05, 3.63) is 42.0 Å². The van der Waals surface area contributed by atoms with E-state index in [1.807, 2.05) is 12.1 Å². The van der Waals surface area contributed by atoms with Gasteiger partial charge in [-0.1, -0.05) is 44.4 Å². The van der Waals surface area contributed by atoms with E-state index < -0.39 is 9.84 Å². The molecule has 4 heteroatoms. The summed E-state index contributed by atoms with van der Waals surface area (Å²) in [5, 5.41) is 0. The van der Waals surface area contributed by atoms with E-state index >= 15 is 0 Å². The number of rotatable bonds is 13. The van der Waals surface area contributed by atoms with Gasteiger partial charge in [0, 0.05) is 6.26 Å². The van der Waals surface area contributed by atoms with Crippen LogP contribution in [0.4, 0.5) is 0 Å². The van der Waals surface area contributed by atoms with E-state index in [1.165, 1.54) is 58.0 Å². The largest absolute Gasteiger partial charge is 0.321 e. The van der Waals surface area contributed by atoms with Crippen molar-refractivity contribution < 1.29 is 12.9 Å². The highest BCUT2D eigenvalue weighted by Crippen LogP contribution is 2.13. The number of unbranched alkanes of at least 4 members (excludes halogenated alkanes) is 4. The molecule has 0 spiro atoms. The zero-order chi connectivity index (χ0) is 19.5. The molecule has 0 aliphatic carbocycles. The predicted octanol–water partition coefficient (Wildman–Crippen LogP) is 5.02. The van der Waals surface area contributed by atoms with Gasteiger partial charge in [-0.2, -0.15) is 0 Å². The number of benzene rings is 1. The van der Waals surface area contributed by atoms with Crippen LogP contribution in [0.25, 0.3) is 0 Å². The third-order valence-electron chi connectivity index (χ3n) is 5.44. The van der Waals surface area contributed by atoms with Gasteiger partial charge in [-0.15, -0.1) is 0 Å². The van der Waals surface area contributed by atoms with Crippen LogP contribution in [0.15, 0.2) is 41.3 Å². The van der Waals surface area contributed by atoms with E-state index in [2.05, 4.69) is 32.9 Å². The Hall–Kier alpha value is -1.13. The van der Waals surface area contributed by atoms with Crippen LogP contribution >= 0.6 is 0 Å². The monoisotopic (exact) mass is 380 g/mol. The van der Waals surface area contributed by atoms with Crippen molar-refractivity contribution in [2.45, 2.75) is 64.2 Å². The lowest BCUT2D eigenvalue weighted by atomic mass is 10.1. The van der Waals surface area contributed by atoms with Crippen molar-refractivity contribution in [2.75, 3.05) is 32.4 Å². The Kier molecular flexibility index (Phi) is 10.2. The maximum atomic E-state index is 11.5. The Morgan fingerprint density at radius 1 is 0.885 bits per heavy atom. The number of hydrogen-bond acceptors (Lipinski definition) is 2. The first kappa shape index (κ1) is 22.9. The third kappa shape index (κ3) is 8.05. The van der Waals surface area contributed by atoms with E-state index in [4.69, 9.17) is 0 Å². The Balaban J connectivity index is 2.52. The van der Waals surface area contributed by atoms with Crippen molar-refractivity contribution in [1.82, 2.24) is 0 Å². The lowest BCUT2D eigenvalue weighted by Gasteiger charge is -2.36. The molecule has 0 atom stereocenters. The minimum absolute atomic E-state index is 0.390. The fourth-order valence-electron chi connectivity index (χ4n) is 3.33. The molecule has 0 N–H and O–H groups in total. The van der Waals surface area contributed by atoms with Crippen molar-refractivity contribution >= 4 is 9.84 Å². The molecule has 0 radical (unpaired) electrons. The second kappa shape index (κ2) is 11.6. The zero-order valence-corrected chi connectivity index (χ0v) is 18.0.